The lowest BCUT2D eigenvalue weighted by Crippen LogP contribution is -2.46. The minimum Gasteiger partial charge on any atom is -0.322 e. The van der Waals surface area contributed by atoms with Gasteiger partial charge in [0.05, 0.1) is 0 Å². The van der Waals surface area contributed by atoms with E-state index >= 15 is 0 Å². The highest BCUT2D eigenvalue weighted by Crippen LogP contribution is 2.25. The maximum atomic E-state index is 12.4. The van der Waals surface area contributed by atoms with Crippen LogP contribution < -0.4 is 5.32 Å². The summed E-state index contributed by atoms with van der Waals surface area (Å²) in [5.74, 6) is 0.593. The Morgan fingerprint density at radius 2 is 1.76 bits per heavy atom. The third kappa shape index (κ3) is 3.99. The van der Waals surface area contributed by atoms with Crippen LogP contribution in [0.15, 0.2) is 24.3 Å². The average Bonchev–Trinajstić information content (AvgIpc) is 2.41. The van der Waals surface area contributed by atoms with Crippen molar-refractivity contribution < 1.29 is 4.79 Å². The van der Waals surface area contributed by atoms with Crippen LogP contribution in [-0.4, -0.2) is 23.5 Å². The Balaban J connectivity index is 2.02. The van der Waals surface area contributed by atoms with Crippen LogP contribution in [0.5, 0.6) is 0 Å². The molecule has 1 aromatic rings. The molecule has 0 aromatic heterocycles. The Kier molecular flexibility index (Phi) is 4.60. The minimum atomic E-state index is 0.0255. The van der Waals surface area contributed by atoms with E-state index in [1.165, 1.54) is 12.0 Å². The highest BCUT2D eigenvalue weighted by Gasteiger charge is 2.26. The van der Waals surface area contributed by atoms with E-state index in [0.717, 1.165) is 18.7 Å². The van der Waals surface area contributed by atoms with Crippen molar-refractivity contribution in [1.29, 1.82) is 0 Å². The summed E-state index contributed by atoms with van der Waals surface area (Å²) >= 11 is 0. The zero-order chi connectivity index (χ0) is 15.6. The summed E-state index contributed by atoms with van der Waals surface area (Å²) in [7, 11) is 0. The van der Waals surface area contributed by atoms with Gasteiger partial charge in [-0.15, -0.1) is 0 Å². The molecule has 1 aliphatic heterocycles. The second-order valence-corrected chi connectivity index (χ2v) is 7.44. The van der Waals surface area contributed by atoms with Gasteiger partial charge in [0.25, 0.3) is 0 Å². The predicted octanol–water partition coefficient (Wildman–Crippen LogP) is 4.64. The number of rotatable bonds is 1. The van der Waals surface area contributed by atoms with Crippen molar-refractivity contribution in [3.05, 3.63) is 29.8 Å². The molecule has 1 saturated heterocycles. The summed E-state index contributed by atoms with van der Waals surface area (Å²) in [5, 5.41) is 3.03. The largest absolute Gasteiger partial charge is 0.322 e. The van der Waals surface area contributed by atoms with Gasteiger partial charge in [0, 0.05) is 18.3 Å². The molecule has 0 bridgehead atoms. The number of likely N-dealkylation sites (tertiary alicyclic amines) is 1. The zero-order valence-electron chi connectivity index (χ0n) is 13.9. The van der Waals surface area contributed by atoms with Crippen LogP contribution in [-0.2, 0) is 5.41 Å². The second-order valence-electron chi connectivity index (χ2n) is 7.44. The van der Waals surface area contributed by atoms with Crippen LogP contribution in [0, 0.1) is 5.92 Å². The molecule has 21 heavy (non-hydrogen) atoms. The number of carbonyl (C=O) groups is 1. The van der Waals surface area contributed by atoms with Gasteiger partial charge in [0.15, 0.2) is 0 Å². The Morgan fingerprint density at radius 1 is 1.14 bits per heavy atom. The van der Waals surface area contributed by atoms with Crippen LogP contribution in [0.25, 0.3) is 0 Å². The van der Waals surface area contributed by atoms with Gasteiger partial charge in [-0.1, -0.05) is 39.8 Å². The SMILES string of the molecule is C[C@@H]1CC[C@@H](C)N(C(=O)Nc2ccc(C(C)(C)C)cc2)C1. The molecule has 0 unspecified atom stereocenters. The van der Waals surface area contributed by atoms with Crippen molar-refractivity contribution in [3.63, 3.8) is 0 Å². The molecular formula is C18H28N2O. The highest BCUT2D eigenvalue weighted by molar-refractivity contribution is 5.89. The van der Waals surface area contributed by atoms with Gasteiger partial charge < -0.3 is 10.2 Å². The quantitative estimate of drug-likeness (QED) is 0.802. The predicted molar refractivity (Wildman–Crippen MR) is 88.7 cm³/mol. The van der Waals surface area contributed by atoms with E-state index in [1.54, 1.807) is 0 Å². The van der Waals surface area contributed by atoms with E-state index in [4.69, 9.17) is 0 Å². The lowest BCUT2D eigenvalue weighted by molar-refractivity contribution is 0.147. The van der Waals surface area contributed by atoms with Crippen LogP contribution >= 0.6 is 0 Å². The molecule has 0 saturated carbocycles. The highest BCUT2D eigenvalue weighted by atomic mass is 16.2. The molecular weight excluding hydrogens is 260 g/mol. The van der Waals surface area contributed by atoms with E-state index in [0.29, 0.717) is 12.0 Å². The summed E-state index contributed by atoms with van der Waals surface area (Å²) in [6.07, 6.45) is 2.31. The monoisotopic (exact) mass is 288 g/mol. The van der Waals surface area contributed by atoms with Gasteiger partial charge in [0.2, 0.25) is 0 Å². The molecule has 0 radical (unpaired) electrons. The third-order valence-electron chi connectivity index (χ3n) is 4.38. The van der Waals surface area contributed by atoms with Gasteiger partial charge in [-0.05, 0) is 48.8 Å². The van der Waals surface area contributed by atoms with Crippen molar-refractivity contribution in [2.45, 2.75) is 58.9 Å². The van der Waals surface area contributed by atoms with Crippen molar-refractivity contribution >= 4 is 11.7 Å². The molecule has 3 heteroatoms. The molecule has 1 aromatic carbocycles. The first-order valence-electron chi connectivity index (χ1n) is 7.95. The van der Waals surface area contributed by atoms with Crippen molar-refractivity contribution in [2.75, 3.05) is 11.9 Å². The molecule has 0 spiro atoms. The molecule has 2 amide bonds. The summed E-state index contributed by atoms with van der Waals surface area (Å²) in [4.78, 5) is 14.4. The molecule has 2 rings (SSSR count). The number of nitrogens with one attached hydrogen (secondary N) is 1. The second kappa shape index (κ2) is 6.08. The number of hydrogen-bond acceptors (Lipinski definition) is 1. The Hall–Kier alpha value is -1.51. The smallest absolute Gasteiger partial charge is 0.322 e. The van der Waals surface area contributed by atoms with Crippen molar-refractivity contribution in [3.8, 4) is 0 Å². The van der Waals surface area contributed by atoms with Gasteiger partial charge in [-0.2, -0.15) is 0 Å². The topological polar surface area (TPSA) is 32.3 Å². The maximum Gasteiger partial charge on any atom is 0.322 e. The number of benzene rings is 1. The van der Waals surface area contributed by atoms with Crippen LogP contribution in [0.4, 0.5) is 10.5 Å². The van der Waals surface area contributed by atoms with Gasteiger partial charge in [0.1, 0.15) is 0 Å². The summed E-state index contributed by atoms with van der Waals surface area (Å²) in [6.45, 7) is 11.8. The number of carbonyl (C=O) groups excluding carboxylic acids is 1. The fourth-order valence-corrected chi connectivity index (χ4v) is 2.82. The van der Waals surface area contributed by atoms with E-state index in [2.05, 4.69) is 52.1 Å². The van der Waals surface area contributed by atoms with Gasteiger partial charge in [-0.3, -0.25) is 0 Å². The first-order valence-corrected chi connectivity index (χ1v) is 7.95. The third-order valence-corrected chi connectivity index (χ3v) is 4.38. The Bertz CT molecular complexity index is 487. The standard InChI is InChI=1S/C18H28N2O/c1-13-6-7-14(2)20(12-13)17(21)19-16-10-8-15(9-11-16)18(3,4)5/h8-11,13-14H,6-7,12H2,1-5H3,(H,19,21)/t13-,14-/m1/s1. The molecule has 1 aliphatic rings. The lowest BCUT2D eigenvalue weighted by atomic mass is 9.87. The Labute approximate surface area is 128 Å². The number of nitrogens with zero attached hydrogens (tertiary/aromatic N) is 1. The fourth-order valence-electron chi connectivity index (χ4n) is 2.82. The van der Waals surface area contributed by atoms with E-state index < -0.39 is 0 Å². The Morgan fingerprint density at radius 3 is 2.33 bits per heavy atom. The molecule has 3 nitrogen and oxygen atoms in total. The molecule has 1 N–H and O–H groups in total. The molecule has 1 fully saturated rings. The number of urea groups is 1. The first-order chi connectivity index (χ1) is 9.77. The number of hydrogen-bond donors (Lipinski definition) is 1. The number of anilines is 1. The van der Waals surface area contributed by atoms with Crippen LogP contribution in [0.2, 0.25) is 0 Å². The van der Waals surface area contributed by atoms with Crippen LogP contribution in [0.1, 0.15) is 53.0 Å². The fraction of sp³-hybridized carbons (Fsp3) is 0.611. The first kappa shape index (κ1) is 15.9. The van der Waals surface area contributed by atoms with Crippen molar-refractivity contribution in [1.82, 2.24) is 4.90 Å². The molecule has 0 aliphatic carbocycles. The average molecular weight is 288 g/mol. The lowest BCUT2D eigenvalue weighted by Gasteiger charge is -2.36. The molecule has 2 atom stereocenters. The van der Waals surface area contributed by atoms with E-state index in [-0.39, 0.29) is 11.4 Å². The van der Waals surface area contributed by atoms with Gasteiger partial charge in [-0.25, -0.2) is 4.79 Å². The zero-order valence-corrected chi connectivity index (χ0v) is 13.9. The van der Waals surface area contributed by atoms with E-state index in [1.807, 2.05) is 17.0 Å². The number of amides is 2. The van der Waals surface area contributed by atoms with Crippen molar-refractivity contribution in [2.24, 2.45) is 5.92 Å². The summed E-state index contributed by atoms with van der Waals surface area (Å²) in [5.41, 5.74) is 2.29. The van der Waals surface area contributed by atoms with Crippen LogP contribution in [0.3, 0.4) is 0 Å². The van der Waals surface area contributed by atoms with E-state index in [9.17, 15) is 4.79 Å². The molecule has 1 heterocycles. The normalized spacial score (nSPS) is 23.0. The maximum absolute atomic E-state index is 12.4. The van der Waals surface area contributed by atoms with Gasteiger partial charge >= 0.3 is 6.03 Å². The summed E-state index contributed by atoms with van der Waals surface area (Å²) < 4.78 is 0. The molecule has 116 valence electrons. The minimum absolute atomic E-state index is 0.0255. The number of piperidine rings is 1. The summed E-state index contributed by atoms with van der Waals surface area (Å²) in [6, 6.07) is 8.54.